The molecule has 1 aliphatic carbocycles. The smallest absolute Gasteiger partial charge is 0.336 e. The van der Waals surface area contributed by atoms with E-state index in [1.54, 1.807) is 25.1 Å². The standard InChI is InChI=1S/C23H19N3O5/c1-13-10-20(28)31-18-11-15(6-7-16(13)18)24-19(27)12-26-21(29)23(25-22(26)30)9-8-14-4-2-3-5-17(14)23/h2-7,10-11H,8-9,12H2,1H3,(H,24,27)(H,25,30). The number of nitrogens with one attached hydrogen (secondary N) is 2. The van der Waals surface area contributed by atoms with E-state index >= 15 is 0 Å². The second-order valence-electron chi connectivity index (χ2n) is 7.89. The van der Waals surface area contributed by atoms with Crippen molar-refractivity contribution in [3.8, 4) is 0 Å². The van der Waals surface area contributed by atoms with Crippen molar-refractivity contribution in [3.63, 3.8) is 0 Å². The van der Waals surface area contributed by atoms with E-state index in [0.29, 0.717) is 24.1 Å². The Morgan fingerprint density at radius 1 is 1.16 bits per heavy atom. The van der Waals surface area contributed by atoms with Crippen molar-refractivity contribution < 1.29 is 18.8 Å². The molecule has 1 fully saturated rings. The minimum absolute atomic E-state index is 0.347. The van der Waals surface area contributed by atoms with Crippen molar-refractivity contribution in [2.75, 3.05) is 11.9 Å². The van der Waals surface area contributed by atoms with Crippen LogP contribution in [0.3, 0.4) is 0 Å². The van der Waals surface area contributed by atoms with Crippen molar-refractivity contribution >= 4 is 34.5 Å². The number of fused-ring (bicyclic) bond motifs is 3. The van der Waals surface area contributed by atoms with Gasteiger partial charge in [0.05, 0.1) is 0 Å². The van der Waals surface area contributed by atoms with Crippen LogP contribution in [-0.2, 0) is 21.5 Å². The number of aryl methyl sites for hydroxylation is 2. The molecule has 2 aliphatic rings. The molecule has 0 bridgehead atoms. The monoisotopic (exact) mass is 417 g/mol. The van der Waals surface area contributed by atoms with Crippen LogP contribution in [0.4, 0.5) is 10.5 Å². The van der Waals surface area contributed by atoms with Gasteiger partial charge in [-0.1, -0.05) is 24.3 Å². The summed E-state index contributed by atoms with van der Waals surface area (Å²) in [4.78, 5) is 50.9. The predicted octanol–water partition coefficient (Wildman–Crippen LogP) is 2.43. The van der Waals surface area contributed by atoms with Crippen molar-refractivity contribution in [1.29, 1.82) is 0 Å². The lowest BCUT2D eigenvalue weighted by Gasteiger charge is -2.22. The molecular weight excluding hydrogens is 398 g/mol. The Hall–Kier alpha value is -3.94. The van der Waals surface area contributed by atoms with Crippen LogP contribution in [0.5, 0.6) is 0 Å². The van der Waals surface area contributed by atoms with Gasteiger partial charge in [0.15, 0.2) is 0 Å². The minimum Gasteiger partial charge on any atom is -0.423 e. The highest BCUT2D eigenvalue weighted by atomic mass is 16.4. The summed E-state index contributed by atoms with van der Waals surface area (Å²) in [5.41, 5.74) is 1.75. The molecule has 1 unspecified atom stereocenters. The Morgan fingerprint density at radius 3 is 2.81 bits per heavy atom. The Kier molecular flexibility index (Phi) is 4.18. The summed E-state index contributed by atoms with van der Waals surface area (Å²) < 4.78 is 5.19. The maximum absolute atomic E-state index is 13.2. The number of hydrogen-bond donors (Lipinski definition) is 2. The van der Waals surface area contributed by atoms with Gasteiger partial charge in [0.25, 0.3) is 5.91 Å². The highest BCUT2D eigenvalue weighted by Gasteiger charge is 2.55. The normalized spacial score (nSPS) is 19.7. The second kappa shape index (κ2) is 6.80. The van der Waals surface area contributed by atoms with Gasteiger partial charge in [-0.2, -0.15) is 0 Å². The first-order chi connectivity index (χ1) is 14.9. The van der Waals surface area contributed by atoms with Gasteiger partial charge in [-0.25, -0.2) is 9.59 Å². The zero-order valence-corrected chi connectivity index (χ0v) is 16.7. The fraction of sp³-hybridized carbons (Fsp3) is 0.217. The lowest BCUT2D eigenvalue weighted by molar-refractivity contribution is -0.134. The summed E-state index contributed by atoms with van der Waals surface area (Å²) in [6.07, 6.45) is 1.15. The molecule has 1 saturated heterocycles. The Balaban J connectivity index is 1.35. The number of hydrogen-bond acceptors (Lipinski definition) is 5. The van der Waals surface area contributed by atoms with Gasteiger partial charge in [0, 0.05) is 23.2 Å². The van der Waals surface area contributed by atoms with Crippen LogP contribution in [-0.4, -0.2) is 29.3 Å². The highest BCUT2D eigenvalue weighted by Crippen LogP contribution is 2.41. The molecular formula is C23H19N3O5. The molecule has 8 nitrogen and oxygen atoms in total. The zero-order valence-electron chi connectivity index (χ0n) is 16.7. The Bertz CT molecular complexity index is 1330. The van der Waals surface area contributed by atoms with Gasteiger partial charge < -0.3 is 15.1 Å². The number of carbonyl (C=O) groups is 3. The first-order valence-corrected chi connectivity index (χ1v) is 9.94. The number of nitrogens with zero attached hydrogens (tertiary/aromatic N) is 1. The number of amides is 4. The molecule has 2 N–H and O–H groups in total. The summed E-state index contributed by atoms with van der Waals surface area (Å²) in [5, 5.41) is 6.22. The van der Waals surface area contributed by atoms with Gasteiger partial charge in [-0.05, 0) is 48.6 Å². The topological polar surface area (TPSA) is 109 Å². The van der Waals surface area contributed by atoms with Gasteiger partial charge in [0.1, 0.15) is 17.7 Å². The van der Waals surface area contributed by atoms with Crippen LogP contribution in [0.2, 0.25) is 0 Å². The number of imide groups is 1. The van der Waals surface area contributed by atoms with E-state index in [0.717, 1.165) is 27.0 Å². The van der Waals surface area contributed by atoms with E-state index in [1.165, 1.54) is 6.07 Å². The van der Waals surface area contributed by atoms with Crippen molar-refractivity contribution in [2.24, 2.45) is 0 Å². The molecule has 1 atom stereocenters. The molecule has 8 heteroatoms. The molecule has 31 heavy (non-hydrogen) atoms. The molecule has 2 heterocycles. The largest absolute Gasteiger partial charge is 0.423 e. The van der Waals surface area contributed by atoms with Crippen molar-refractivity contribution in [3.05, 3.63) is 75.6 Å². The van der Waals surface area contributed by atoms with Crippen LogP contribution in [0, 0.1) is 6.92 Å². The Morgan fingerprint density at radius 2 is 1.97 bits per heavy atom. The van der Waals surface area contributed by atoms with Gasteiger partial charge in [-0.15, -0.1) is 0 Å². The van der Waals surface area contributed by atoms with E-state index in [9.17, 15) is 19.2 Å². The predicted molar refractivity (Wildman–Crippen MR) is 113 cm³/mol. The summed E-state index contributed by atoms with van der Waals surface area (Å²) in [6.45, 7) is 1.39. The summed E-state index contributed by atoms with van der Waals surface area (Å²) in [7, 11) is 0. The van der Waals surface area contributed by atoms with Crippen LogP contribution in [0.25, 0.3) is 11.0 Å². The van der Waals surface area contributed by atoms with E-state index in [2.05, 4.69) is 10.6 Å². The molecule has 0 radical (unpaired) electrons. The molecule has 1 spiro atoms. The third-order valence-corrected chi connectivity index (χ3v) is 5.96. The number of carbonyl (C=O) groups excluding carboxylic acids is 3. The molecule has 2 aromatic carbocycles. The van der Waals surface area contributed by atoms with Gasteiger partial charge in [-0.3, -0.25) is 14.5 Å². The molecule has 1 aliphatic heterocycles. The average molecular weight is 417 g/mol. The number of anilines is 1. The Labute approximate surface area is 176 Å². The lowest BCUT2D eigenvalue weighted by atomic mass is 9.92. The van der Waals surface area contributed by atoms with E-state index < -0.39 is 35.6 Å². The van der Waals surface area contributed by atoms with Crippen molar-refractivity contribution in [1.82, 2.24) is 10.2 Å². The number of benzene rings is 2. The third-order valence-electron chi connectivity index (χ3n) is 5.96. The number of rotatable bonds is 3. The SMILES string of the molecule is Cc1cc(=O)oc2cc(NC(=O)CN3C(=O)NC4(CCc5ccccc54)C3=O)ccc12. The number of urea groups is 1. The maximum atomic E-state index is 13.2. The first kappa shape index (κ1) is 19.0. The summed E-state index contributed by atoms with van der Waals surface area (Å²) in [6, 6.07) is 13.3. The molecule has 5 rings (SSSR count). The molecule has 1 aromatic heterocycles. The fourth-order valence-electron chi connectivity index (χ4n) is 4.48. The molecule has 0 saturated carbocycles. The fourth-order valence-corrected chi connectivity index (χ4v) is 4.48. The van der Waals surface area contributed by atoms with Crippen LogP contribution in [0.1, 0.15) is 23.1 Å². The summed E-state index contributed by atoms with van der Waals surface area (Å²) in [5.74, 6) is -0.945. The van der Waals surface area contributed by atoms with E-state index in [4.69, 9.17) is 4.42 Å². The minimum atomic E-state index is -1.10. The van der Waals surface area contributed by atoms with Crippen molar-refractivity contribution in [2.45, 2.75) is 25.3 Å². The lowest BCUT2D eigenvalue weighted by Crippen LogP contribution is -2.42. The maximum Gasteiger partial charge on any atom is 0.336 e. The third kappa shape index (κ3) is 2.99. The molecule has 4 amide bonds. The van der Waals surface area contributed by atoms with Crippen LogP contribution >= 0.6 is 0 Å². The van der Waals surface area contributed by atoms with Gasteiger partial charge >= 0.3 is 11.7 Å². The average Bonchev–Trinajstić information content (AvgIpc) is 3.21. The van der Waals surface area contributed by atoms with Gasteiger partial charge in [0.2, 0.25) is 5.91 Å². The van der Waals surface area contributed by atoms with Crippen LogP contribution < -0.4 is 16.3 Å². The zero-order chi connectivity index (χ0) is 21.8. The first-order valence-electron chi connectivity index (χ1n) is 9.94. The summed E-state index contributed by atoms with van der Waals surface area (Å²) >= 11 is 0. The molecule has 3 aromatic rings. The highest BCUT2D eigenvalue weighted by molar-refractivity contribution is 6.11. The van der Waals surface area contributed by atoms with E-state index in [1.807, 2.05) is 24.3 Å². The van der Waals surface area contributed by atoms with Crippen LogP contribution in [0.15, 0.2) is 57.7 Å². The molecule has 156 valence electrons. The van der Waals surface area contributed by atoms with E-state index in [-0.39, 0.29) is 0 Å². The second-order valence-corrected chi connectivity index (χ2v) is 7.89. The quantitative estimate of drug-likeness (QED) is 0.503.